The predicted molar refractivity (Wildman–Crippen MR) is 148 cm³/mol. The molecule has 1 saturated heterocycles. The summed E-state index contributed by atoms with van der Waals surface area (Å²) < 4.78 is 27.9. The van der Waals surface area contributed by atoms with Crippen LogP contribution in [-0.4, -0.2) is 51.4 Å². The van der Waals surface area contributed by atoms with E-state index in [2.05, 4.69) is 5.32 Å². The normalized spacial score (nSPS) is 19.1. The molecule has 0 saturated carbocycles. The molecule has 1 fully saturated rings. The Morgan fingerprint density at radius 3 is 2.37 bits per heavy atom. The SMILES string of the molecule is NCCCCC(I)(OP(=O)(O)C(Cc1ccccc1)OC(=O)c1ccccc1)C(=O)OC(=O)[C@@H]1CCCN1. The number of nitrogens with two attached hydrogens (primary N) is 1. The largest absolute Gasteiger partial charge is 0.445 e. The Bertz CT molecular complexity index is 1130. The summed E-state index contributed by atoms with van der Waals surface area (Å²) in [6, 6.07) is 16.1. The maximum absolute atomic E-state index is 13.7. The first kappa shape index (κ1) is 30.4. The summed E-state index contributed by atoms with van der Waals surface area (Å²) in [7, 11) is -4.84. The fraction of sp³-hybridized carbons (Fsp3) is 0.423. The molecule has 1 aliphatic rings. The average molecular weight is 658 g/mol. The number of carbonyl (C=O) groups excluding carboxylic acids is 3. The number of unbranched alkanes of at least 4 members (excludes halogenated alkanes) is 1. The van der Waals surface area contributed by atoms with Gasteiger partial charge in [-0.05, 0) is 85.5 Å². The molecule has 4 atom stereocenters. The van der Waals surface area contributed by atoms with Gasteiger partial charge >= 0.3 is 25.5 Å². The van der Waals surface area contributed by atoms with Crippen molar-refractivity contribution in [3.8, 4) is 0 Å². The van der Waals surface area contributed by atoms with Crippen LogP contribution in [0.4, 0.5) is 0 Å². The molecule has 0 amide bonds. The first-order valence-electron chi connectivity index (χ1n) is 12.4. The number of ether oxygens (including phenoxy) is 2. The smallest absolute Gasteiger partial charge is 0.370 e. The number of hydrogen-bond donors (Lipinski definition) is 3. The lowest BCUT2D eigenvalue weighted by atomic mass is 10.1. The number of carbonyl (C=O) groups is 3. The molecule has 206 valence electrons. The zero-order valence-electron chi connectivity index (χ0n) is 20.8. The topological polar surface area (TPSA) is 154 Å². The highest BCUT2D eigenvalue weighted by Gasteiger charge is 2.49. The van der Waals surface area contributed by atoms with Crippen LogP contribution in [0.15, 0.2) is 60.7 Å². The van der Waals surface area contributed by atoms with E-state index in [-0.39, 0.29) is 18.4 Å². The van der Waals surface area contributed by atoms with E-state index in [1.165, 1.54) is 12.1 Å². The molecule has 2 aromatic rings. The third kappa shape index (κ3) is 8.69. The number of nitrogens with one attached hydrogen (secondary N) is 1. The van der Waals surface area contributed by atoms with E-state index in [0.717, 1.165) is 6.42 Å². The Kier molecular flexibility index (Phi) is 11.4. The molecule has 12 heteroatoms. The van der Waals surface area contributed by atoms with Gasteiger partial charge in [0.1, 0.15) is 6.04 Å². The van der Waals surface area contributed by atoms with Gasteiger partial charge in [0.05, 0.1) is 5.56 Å². The van der Waals surface area contributed by atoms with E-state index in [4.69, 9.17) is 19.7 Å². The van der Waals surface area contributed by atoms with Crippen molar-refractivity contribution in [3.63, 3.8) is 0 Å². The van der Waals surface area contributed by atoms with Gasteiger partial charge in [0.25, 0.3) is 0 Å². The summed E-state index contributed by atoms with van der Waals surface area (Å²) in [4.78, 5) is 49.6. The van der Waals surface area contributed by atoms with Crippen LogP contribution in [0.5, 0.6) is 0 Å². The Morgan fingerprint density at radius 1 is 1.11 bits per heavy atom. The number of rotatable bonds is 13. The van der Waals surface area contributed by atoms with Crippen LogP contribution in [0, 0.1) is 0 Å². The molecule has 38 heavy (non-hydrogen) atoms. The highest BCUT2D eigenvalue weighted by Crippen LogP contribution is 2.55. The Morgan fingerprint density at radius 2 is 1.76 bits per heavy atom. The molecule has 2 aromatic carbocycles. The summed E-state index contributed by atoms with van der Waals surface area (Å²) in [5.41, 5.74) is 6.38. The maximum atomic E-state index is 13.7. The van der Waals surface area contributed by atoms with Gasteiger partial charge in [0.15, 0.2) is 0 Å². The lowest BCUT2D eigenvalue weighted by molar-refractivity contribution is -0.167. The third-order valence-corrected chi connectivity index (χ3v) is 9.08. The zero-order valence-corrected chi connectivity index (χ0v) is 23.8. The number of alkyl halides is 1. The van der Waals surface area contributed by atoms with Gasteiger partial charge in [-0.15, -0.1) is 0 Å². The molecule has 0 aromatic heterocycles. The van der Waals surface area contributed by atoms with Crippen LogP contribution in [0.25, 0.3) is 0 Å². The molecule has 10 nitrogen and oxygen atoms in total. The minimum absolute atomic E-state index is 0.0514. The van der Waals surface area contributed by atoms with Crippen molar-refractivity contribution >= 4 is 48.1 Å². The Hall–Kier alpha value is -2.15. The second-order valence-corrected chi connectivity index (χ2v) is 12.5. The summed E-state index contributed by atoms with van der Waals surface area (Å²) in [5.74, 6) is -4.34. The number of benzene rings is 2. The van der Waals surface area contributed by atoms with Gasteiger partial charge in [0, 0.05) is 6.42 Å². The maximum Gasteiger partial charge on any atom is 0.370 e. The van der Waals surface area contributed by atoms with Crippen LogP contribution in [-0.2, 0) is 34.6 Å². The van der Waals surface area contributed by atoms with Crippen LogP contribution in [0.1, 0.15) is 48.0 Å². The Labute approximate surface area is 235 Å². The van der Waals surface area contributed by atoms with Crippen molar-refractivity contribution in [1.82, 2.24) is 5.32 Å². The second kappa shape index (κ2) is 14.3. The van der Waals surface area contributed by atoms with Crippen molar-refractivity contribution in [2.75, 3.05) is 13.1 Å². The van der Waals surface area contributed by atoms with Crippen molar-refractivity contribution in [1.29, 1.82) is 0 Å². The molecule has 0 spiro atoms. The first-order valence-corrected chi connectivity index (χ1v) is 15.1. The van der Waals surface area contributed by atoms with Crippen LogP contribution in [0.2, 0.25) is 0 Å². The van der Waals surface area contributed by atoms with Gasteiger partial charge in [-0.1, -0.05) is 48.5 Å². The minimum Gasteiger partial charge on any atom is -0.445 e. The van der Waals surface area contributed by atoms with E-state index < -0.39 is 41.0 Å². The quantitative estimate of drug-likeness (QED) is 0.0725. The van der Waals surface area contributed by atoms with Crippen LogP contribution in [0.3, 0.4) is 0 Å². The van der Waals surface area contributed by atoms with Crippen molar-refractivity contribution < 1.29 is 37.8 Å². The molecule has 3 unspecified atom stereocenters. The average Bonchev–Trinajstić information content (AvgIpc) is 3.45. The van der Waals surface area contributed by atoms with E-state index in [0.29, 0.717) is 37.9 Å². The van der Waals surface area contributed by atoms with Crippen molar-refractivity contribution in [2.45, 2.75) is 54.0 Å². The van der Waals surface area contributed by atoms with Gasteiger partial charge in [-0.3, -0.25) is 9.09 Å². The van der Waals surface area contributed by atoms with Crippen molar-refractivity contribution in [3.05, 3.63) is 71.8 Å². The van der Waals surface area contributed by atoms with E-state index in [9.17, 15) is 23.8 Å². The summed E-state index contributed by atoms with van der Waals surface area (Å²) >= 11 is 1.59. The molecular formula is C26H32IN2O8P. The van der Waals surface area contributed by atoms with Crippen molar-refractivity contribution in [2.24, 2.45) is 5.73 Å². The highest BCUT2D eigenvalue weighted by molar-refractivity contribution is 14.1. The van der Waals surface area contributed by atoms with Gasteiger partial charge < -0.3 is 25.4 Å². The second-order valence-electron chi connectivity index (χ2n) is 8.90. The summed E-state index contributed by atoms with van der Waals surface area (Å²) in [5, 5.41) is 2.95. The lowest BCUT2D eigenvalue weighted by Gasteiger charge is -2.31. The van der Waals surface area contributed by atoms with Crippen LogP contribution >= 0.6 is 30.2 Å². The van der Waals surface area contributed by atoms with Gasteiger partial charge in [-0.2, -0.15) is 0 Å². The number of esters is 3. The fourth-order valence-corrected chi connectivity index (χ4v) is 6.58. The molecule has 1 heterocycles. The van der Waals surface area contributed by atoms with E-state index in [1.54, 1.807) is 71.1 Å². The minimum atomic E-state index is -4.84. The monoisotopic (exact) mass is 658 g/mol. The predicted octanol–water partition coefficient (Wildman–Crippen LogP) is 3.70. The molecule has 0 bridgehead atoms. The van der Waals surface area contributed by atoms with E-state index >= 15 is 0 Å². The lowest BCUT2D eigenvalue weighted by Crippen LogP contribution is -2.42. The number of halogens is 1. The molecule has 3 rings (SSSR count). The first-order chi connectivity index (χ1) is 18.1. The summed E-state index contributed by atoms with van der Waals surface area (Å²) in [6.07, 6.45) is 1.94. The highest BCUT2D eigenvalue weighted by atomic mass is 127. The molecule has 1 aliphatic heterocycles. The zero-order chi connectivity index (χ0) is 27.6. The molecule has 0 aliphatic carbocycles. The summed E-state index contributed by atoms with van der Waals surface area (Å²) in [6.45, 7) is 0.949. The third-order valence-electron chi connectivity index (χ3n) is 5.94. The van der Waals surface area contributed by atoms with E-state index in [1.807, 2.05) is 0 Å². The van der Waals surface area contributed by atoms with Gasteiger partial charge in [-0.25, -0.2) is 14.4 Å². The Balaban J connectivity index is 1.85. The van der Waals surface area contributed by atoms with Gasteiger partial charge in [0.2, 0.25) is 9.45 Å². The fourth-order valence-electron chi connectivity index (χ4n) is 3.88. The molecular weight excluding hydrogens is 626 g/mol. The van der Waals surface area contributed by atoms with Crippen LogP contribution < -0.4 is 11.1 Å². The standard InChI is InChI=1S/C26H32IN2O8P/c27-26(15-7-8-16-28,25(32)36-24(31)21-14-9-17-29-21)37-38(33,34)22(18-19-10-3-1-4-11-19)35-23(30)20-12-5-2-6-13-20/h1-6,10-13,21-22,29H,7-9,14-18,28H2,(H,33,34)/t21-,22?,26?/m0/s1. The molecule has 4 N–H and O–H groups in total. The molecule has 0 radical (unpaired) electrons. The number of hydrogen-bond acceptors (Lipinski definition) is 9.